The molecule has 1 saturated carbocycles. The third kappa shape index (κ3) is 1.96. The van der Waals surface area contributed by atoms with Crippen LogP contribution >= 0.6 is 0 Å². The largest absolute Gasteiger partial charge is 0.316 e. The van der Waals surface area contributed by atoms with E-state index in [1.165, 1.54) is 25.7 Å². The fourth-order valence-corrected chi connectivity index (χ4v) is 2.50. The summed E-state index contributed by atoms with van der Waals surface area (Å²) < 4.78 is 0. The van der Waals surface area contributed by atoms with Crippen molar-refractivity contribution >= 4 is 0 Å². The zero-order valence-electron chi connectivity index (χ0n) is 8.06. The number of rotatable bonds is 2. The summed E-state index contributed by atoms with van der Waals surface area (Å²) in [4.78, 5) is 0. The second-order valence-corrected chi connectivity index (χ2v) is 3.89. The highest BCUT2D eigenvalue weighted by atomic mass is 14.9. The summed E-state index contributed by atoms with van der Waals surface area (Å²) in [6.45, 7) is 4.69. The Kier molecular flexibility index (Phi) is 3.38. The molecule has 0 aromatic heterocycles. The minimum absolute atomic E-state index is 0.786. The Hall–Kier alpha value is -0.0400. The van der Waals surface area contributed by atoms with Crippen molar-refractivity contribution in [2.24, 2.45) is 11.8 Å². The lowest BCUT2D eigenvalue weighted by atomic mass is 9.77. The van der Waals surface area contributed by atoms with Gasteiger partial charge in [-0.05, 0) is 31.7 Å². The molecule has 1 nitrogen and oxygen atoms in total. The fraction of sp³-hybridized carbons (Fsp3) is 1.00. The maximum atomic E-state index is 3.45. The number of nitrogens with one attached hydrogen (secondary N) is 1. The average Bonchev–Trinajstić information content (AvgIpc) is 2.04. The van der Waals surface area contributed by atoms with E-state index >= 15 is 0 Å². The van der Waals surface area contributed by atoms with Crippen LogP contribution in [0.3, 0.4) is 0 Å². The summed E-state index contributed by atoms with van der Waals surface area (Å²) in [5.74, 6) is 1.82. The van der Waals surface area contributed by atoms with Crippen LogP contribution in [0.15, 0.2) is 0 Å². The molecule has 3 unspecified atom stereocenters. The normalized spacial score (nSPS) is 39.0. The molecule has 11 heavy (non-hydrogen) atoms. The molecular formula is C10H21N. The molecule has 1 N–H and O–H groups in total. The first-order valence-corrected chi connectivity index (χ1v) is 4.96. The fourth-order valence-electron chi connectivity index (χ4n) is 2.50. The Morgan fingerprint density at radius 2 is 2.09 bits per heavy atom. The summed E-state index contributed by atoms with van der Waals surface area (Å²) >= 11 is 0. The van der Waals surface area contributed by atoms with Crippen molar-refractivity contribution in [1.29, 1.82) is 0 Å². The van der Waals surface area contributed by atoms with E-state index in [0.717, 1.165) is 17.9 Å². The van der Waals surface area contributed by atoms with Crippen molar-refractivity contribution in [2.75, 3.05) is 7.05 Å². The average molecular weight is 155 g/mol. The maximum absolute atomic E-state index is 3.45. The zero-order valence-corrected chi connectivity index (χ0v) is 8.06. The molecule has 66 valence electrons. The zero-order chi connectivity index (χ0) is 8.27. The molecule has 1 aliphatic rings. The van der Waals surface area contributed by atoms with Crippen molar-refractivity contribution in [3.63, 3.8) is 0 Å². The van der Waals surface area contributed by atoms with E-state index in [-0.39, 0.29) is 0 Å². The monoisotopic (exact) mass is 155 g/mol. The second kappa shape index (κ2) is 4.10. The van der Waals surface area contributed by atoms with E-state index in [9.17, 15) is 0 Å². The van der Waals surface area contributed by atoms with Gasteiger partial charge in [-0.2, -0.15) is 0 Å². The lowest BCUT2D eigenvalue weighted by molar-refractivity contribution is 0.200. The van der Waals surface area contributed by atoms with Crippen LogP contribution < -0.4 is 5.32 Å². The summed E-state index contributed by atoms with van der Waals surface area (Å²) in [5, 5.41) is 3.45. The van der Waals surface area contributed by atoms with E-state index in [1.54, 1.807) is 0 Å². The van der Waals surface area contributed by atoms with Crippen molar-refractivity contribution in [1.82, 2.24) is 5.32 Å². The predicted octanol–water partition coefficient (Wildman–Crippen LogP) is 2.42. The maximum Gasteiger partial charge on any atom is 0.0118 e. The van der Waals surface area contributed by atoms with Crippen molar-refractivity contribution in [2.45, 2.75) is 45.6 Å². The summed E-state index contributed by atoms with van der Waals surface area (Å²) in [6, 6.07) is 0.786. The molecular weight excluding hydrogens is 134 g/mol. The molecule has 1 rings (SSSR count). The van der Waals surface area contributed by atoms with Gasteiger partial charge >= 0.3 is 0 Å². The van der Waals surface area contributed by atoms with E-state index in [0.29, 0.717) is 0 Å². The van der Waals surface area contributed by atoms with Crippen LogP contribution in [-0.4, -0.2) is 13.1 Å². The molecule has 0 saturated heterocycles. The minimum atomic E-state index is 0.786. The van der Waals surface area contributed by atoms with Gasteiger partial charge in [0.05, 0.1) is 0 Å². The van der Waals surface area contributed by atoms with Gasteiger partial charge in [0, 0.05) is 6.04 Å². The Morgan fingerprint density at radius 3 is 2.55 bits per heavy atom. The Balaban J connectivity index is 2.48. The molecule has 1 heteroatoms. The first kappa shape index (κ1) is 9.05. The highest BCUT2D eigenvalue weighted by Gasteiger charge is 2.27. The van der Waals surface area contributed by atoms with Crippen LogP contribution in [0, 0.1) is 11.8 Å². The summed E-state index contributed by atoms with van der Waals surface area (Å²) in [7, 11) is 2.11. The quantitative estimate of drug-likeness (QED) is 0.645. The van der Waals surface area contributed by atoms with Gasteiger partial charge in [-0.15, -0.1) is 0 Å². The molecule has 1 aliphatic carbocycles. The molecule has 0 bridgehead atoms. The van der Waals surface area contributed by atoms with E-state index in [4.69, 9.17) is 0 Å². The molecule has 3 atom stereocenters. The van der Waals surface area contributed by atoms with E-state index in [1.807, 2.05) is 0 Å². The first-order chi connectivity index (χ1) is 5.29. The van der Waals surface area contributed by atoms with Gasteiger partial charge in [-0.1, -0.05) is 26.7 Å². The van der Waals surface area contributed by atoms with Gasteiger partial charge in [0.25, 0.3) is 0 Å². The highest BCUT2D eigenvalue weighted by molar-refractivity contribution is 4.83. The second-order valence-electron chi connectivity index (χ2n) is 3.89. The molecule has 1 fully saturated rings. The van der Waals surface area contributed by atoms with Crippen LogP contribution in [0.25, 0.3) is 0 Å². The van der Waals surface area contributed by atoms with Gasteiger partial charge in [0.1, 0.15) is 0 Å². The number of hydrogen-bond acceptors (Lipinski definition) is 1. The van der Waals surface area contributed by atoms with Crippen molar-refractivity contribution in [3.05, 3.63) is 0 Å². The standard InChI is InChI=1S/C10H21N/c1-4-9-7-5-6-8(2)10(9)11-3/h8-11H,4-7H2,1-3H3. The van der Waals surface area contributed by atoms with Gasteiger partial charge in [-0.25, -0.2) is 0 Å². The summed E-state index contributed by atoms with van der Waals surface area (Å²) in [6.07, 6.45) is 5.64. The number of hydrogen-bond donors (Lipinski definition) is 1. The smallest absolute Gasteiger partial charge is 0.0118 e. The van der Waals surface area contributed by atoms with Crippen LogP contribution in [0.5, 0.6) is 0 Å². The predicted molar refractivity (Wildman–Crippen MR) is 49.6 cm³/mol. The molecule has 0 spiro atoms. The van der Waals surface area contributed by atoms with Crippen LogP contribution in [-0.2, 0) is 0 Å². The highest BCUT2D eigenvalue weighted by Crippen LogP contribution is 2.30. The Labute approximate surface area is 70.6 Å². The summed E-state index contributed by atoms with van der Waals surface area (Å²) in [5.41, 5.74) is 0. The van der Waals surface area contributed by atoms with Crippen molar-refractivity contribution in [3.8, 4) is 0 Å². The molecule has 0 radical (unpaired) electrons. The SMILES string of the molecule is CCC1CCCC(C)C1NC. The third-order valence-electron chi connectivity index (χ3n) is 3.21. The van der Waals surface area contributed by atoms with Gasteiger partial charge in [-0.3, -0.25) is 0 Å². The topological polar surface area (TPSA) is 12.0 Å². The lowest BCUT2D eigenvalue weighted by Crippen LogP contribution is -2.41. The van der Waals surface area contributed by atoms with Crippen LogP contribution in [0.2, 0.25) is 0 Å². The Bertz CT molecular complexity index is 111. The van der Waals surface area contributed by atoms with Gasteiger partial charge < -0.3 is 5.32 Å². The van der Waals surface area contributed by atoms with E-state index in [2.05, 4.69) is 26.2 Å². The molecule has 0 aromatic carbocycles. The minimum Gasteiger partial charge on any atom is -0.316 e. The van der Waals surface area contributed by atoms with Crippen molar-refractivity contribution < 1.29 is 0 Å². The molecule has 0 amide bonds. The molecule has 0 aliphatic heterocycles. The molecule has 0 heterocycles. The molecule has 0 aromatic rings. The van der Waals surface area contributed by atoms with Gasteiger partial charge in [0.15, 0.2) is 0 Å². The van der Waals surface area contributed by atoms with Crippen LogP contribution in [0.4, 0.5) is 0 Å². The first-order valence-electron chi connectivity index (χ1n) is 4.96. The van der Waals surface area contributed by atoms with Gasteiger partial charge in [0.2, 0.25) is 0 Å². The van der Waals surface area contributed by atoms with Crippen LogP contribution in [0.1, 0.15) is 39.5 Å². The van der Waals surface area contributed by atoms with E-state index < -0.39 is 0 Å². The lowest BCUT2D eigenvalue weighted by Gasteiger charge is -2.35. The Morgan fingerprint density at radius 1 is 1.36 bits per heavy atom. The third-order valence-corrected chi connectivity index (χ3v) is 3.21.